The van der Waals surface area contributed by atoms with Gasteiger partial charge in [-0.2, -0.15) is 0 Å². The van der Waals surface area contributed by atoms with Crippen LogP contribution in [0.5, 0.6) is 0 Å². The Labute approximate surface area is 158 Å². The van der Waals surface area contributed by atoms with E-state index in [1.807, 2.05) is 56.5 Å². The molecule has 9 nitrogen and oxygen atoms in total. The van der Waals surface area contributed by atoms with Gasteiger partial charge >= 0.3 is 6.09 Å². The van der Waals surface area contributed by atoms with Gasteiger partial charge in [0.05, 0.1) is 6.04 Å². The van der Waals surface area contributed by atoms with Gasteiger partial charge in [0.15, 0.2) is 17.4 Å². The van der Waals surface area contributed by atoms with Crippen molar-refractivity contribution in [3.8, 4) is 0 Å². The van der Waals surface area contributed by atoms with Gasteiger partial charge in [-0.05, 0) is 39.8 Å². The van der Waals surface area contributed by atoms with E-state index in [1.54, 1.807) is 4.90 Å². The summed E-state index contributed by atoms with van der Waals surface area (Å²) >= 11 is 0. The third-order valence-electron chi connectivity index (χ3n) is 3.98. The van der Waals surface area contributed by atoms with Crippen LogP contribution in [0, 0.1) is 0 Å². The van der Waals surface area contributed by atoms with Gasteiger partial charge in [0.2, 0.25) is 0 Å². The predicted octanol–water partition coefficient (Wildman–Crippen LogP) is 1.40. The number of guanidine groups is 1. The van der Waals surface area contributed by atoms with E-state index >= 15 is 0 Å². The van der Waals surface area contributed by atoms with Crippen LogP contribution >= 0.6 is 0 Å². The van der Waals surface area contributed by atoms with Gasteiger partial charge < -0.3 is 20.3 Å². The van der Waals surface area contributed by atoms with E-state index < -0.39 is 5.60 Å². The van der Waals surface area contributed by atoms with Crippen LogP contribution in [-0.4, -0.2) is 62.8 Å². The minimum atomic E-state index is -0.479. The Bertz CT molecular complexity index is 818. The largest absolute Gasteiger partial charge is 0.444 e. The summed E-state index contributed by atoms with van der Waals surface area (Å²) in [5.74, 6) is 1.46. The monoisotopic (exact) mass is 373 g/mol. The van der Waals surface area contributed by atoms with Crippen molar-refractivity contribution in [2.45, 2.75) is 45.9 Å². The second-order valence-corrected chi connectivity index (χ2v) is 7.47. The van der Waals surface area contributed by atoms with Crippen molar-refractivity contribution in [1.29, 1.82) is 0 Å². The molecule has 0 aliphatic carbocycles. The van der Waals surface area contributed by atoms with Gasteiger partial charge in [-0.15, -0.1) is 10.2 Å². The van der Waals surface area contributed by atoms with Gasteiger partial charge in [0, 0.05) is 25.8 Å². The number of fused-ring (bicyclic) bond motifs is 1. The summed E-state index contributed by atoms with van der Waals surface area (Å²) in [4.78, 5) is 18.3. The summed E-state index contributed by atoms with van der Waals surface area (Å²) < 4.78 is 7.29. The molecule has 1 aliphatic heterocycles. The summed E-state index contributed by atoms with van der Waals surface area (Å²) in [5, 5.41) is 14.9. The standard InChI is InChI=1S/C18H27N7O2/c1-5-19-16(20-10-15-23-22-14-8-6-7-9-25(14)15)21-13-11-24(12-13)17(26)27-18(2,3)4/h6-9,13H,5,10-12H2,1-4H3,(H2,19,20,21). The molecular formula is C18H27N7O2. The summed E-state index contributed by atoms with van der Waals surface area (Å²) in [7, 11) is 0. The maximum absolute atomic E-state index is 12.0. The molecule has 0 atom stereocenters. The number of aromatic nitrogens is 3. The van der Waals surface area contributed by atoms with Crippen LogP contribution in [0.25, 0.3) is 5.65 Å². The zero-order valence-corrected chi connectivity index (χ0v) is 16.3. The third-order valence-corrected chi connectivity index (χ3v) is 3.98. The molecule has 146 valence electrons. The molecule has 2 N–H and O–H groups in total. The Morgan fingerprint density at radius 3 is 2.81 bits per heavy atom. The van der Waals surface area contributed by atoms with Gasteiger partial charge in [0.1, 0.15) is 12.1 Å². The van der Waals surface area contributed by atoms with Gasteiger partial charge in [-0.25, -0.2) is 9.79 Å². The van der Waals surface area contributed by atoms with E-state index in [4.69, 9.17) is 4.74 Å². The van der Waals surface area contributed by atoms with E-state index in [9.17, 15) is 4.79 Å². The molecule has 2 aromatic heterocycles. The highest BCUT2D eigenvalue weighted by Gasteiger charge is 2.34. The first-order valence-electron chi connectivity index (χ1n) is 9.17. The van der Waals surface area contributed by atoms with Crippen molar-refractivity contribution >= 4 is 17.7 Å². The molecular weight excluding hydrogens is 346 g/mol. The van der Waals surface area contributed by atoms with Gasteiger partial charge in [-0.1, -0.05) is 6.07 Å². The number of pyridine rings is 1. The van der Waals surface area contributed by atoms with Crippen molar-refractivity contribution in [3.63, 3.8) is 0 Å². The smallest absolute Gasteiger partial charge is 0.410 e. The van der Waals surface area contributed by atoms with E-state index in [1.165, 1.54) is 0 Å². The molecule has 0 bridgehead atoms. The molecule has 2 aromatic rings. The second-order valence-electron chi connectivity index (χ2n) is 7.47. The number of hydrogen-bond donors (Lipinski definition) is 2. The van der Waals surface area contributed by atoms with Crippen molar-refractivity contribution < 1.29 is 9.53 Å². The van der Waals surface area contributed by atoms with Crippen LogP contribution < -0.4 is 10.6 Å². The van der Waals surface area contributed by atoms with Crippen molar-refractivity contribution in [1.82, 2.24) is 30.1 Å². The molecule has 1 fully saturated rings. The molecule has 0 unspecified atom stereocenters. The number of carbonyl (C=O) groups excluding carboxylic acids is 1. The normalized spacial score (nSPS) is 15.6. The maximum atomic E-state index is 12.0. The number of nitrogens with zero attached hydrogens (tertiary/aromatic N) is 5. The first kappa shape index (κ1) is 18.9. The molecule has 9 heteroatoms. The highest BCUT2D eigenvalue weighted by Crippen LogP contribution is 2.15. The average molecular weight is 373 g/mol. The Morgan fingerprint density at radius 2 is 2.11 bits per heavy atom. The lowest BCUT2D eigenvalue weighted by atomic mass is 10.1. The van der Waals surface area contributed by atoms with Crippen LogP contribution in [0.4, 0.5) is 4.79 Å². The third kappa shape index (κ3) is 4.87. The van der Waals surface area contributed by atoms with Crippen molar-refractivity contribution in [2.75, 3.05) is 19.6 Å². The van der Waals surface area contributed by atoms with Crippen LogP contribution in [0.2, 0.25) is 0 Å². The van der Waals surface area contributed by atoms with Crippen LogP contribution in [0.15, 0.2) is 29.4 Å². The van der Waals surface area contributed by atoms with Gasteiger partial charge in [-0.3, -0.25) is 4.40 Å². The van der Waals surface area contributed by atoms with E-state index in [2.05, 4.69) is 25.8 Å². The van der Waals surface area contributed by atoms with Crippen molar-refractivity contribution in [3.05, 3.63) is 30.2 Å². The molecule has 1 saturated heterocycles. The highest BCUT2D eigenvalue weighted by atomic mass is 16.6. The number of rotatable bonds is 4. The SMILES string of the molecule is CCNC(=NCc1nnc2ccccn12)NC1CN(C(=O)OC(C)(C)C)C1. The lowest BCUT2D eigenvalue weighted by Crippen LogP contribution is -2.63. The first-order valence-corrected chi connectivity index (χ1v) is 9.17. The minimum absolute atomic E-state index is 0.144. The molecule has 1 amide bonds. The number of nitrogens with one attached hydrogen (secondary N) is 2. The second kappa shape index (κ2) is 7.81. The van der Waals surface area contributed by atoms with Gasteiger partial charge in [0.25, 0.3) is 0 Å². The lowest BCUT2D eigenvalue weighted by molar-refractivity contribution is 0.00701. The highest BCUT2D eigenvalue weighted by molar-refractivity contribution is 5.80. The number of aliphatic imine (C=N–C) groups is 1. The Balaban J connectivity index is 1.55. The van der Waals surface area contributed by atoms with Crippen LogP contribution in [0.3, 0.4) is 0 Å². The number of amides is 1. The molecule has 1 aliphatic rings. The molecule has 0 radical (unpaired) electrons. The summed E-state index contributed by atoms with van der Waals surface area (Å²) in [6.45, 7) is 9.94. The summed E-state index contributed by atoms with van der Waals surface area (Å²) in [6, 6.07) is 5.91. The number of likely N-dealkylation sites (tertiary alicyclic amines) is 1. The topological polar surface area (TPSA) is 96.1 Å². The zero-order valence-electron chi connectivity index (χ0n) is 16.3. The van der Waals surface area contributed by atoms with E-state index in [0.29, 0.717) is 25.6 Å². The maximum Gasteiger partial charge on any atom is 0.410 e. The number of hydrogen-bond acceptors (Lipinski definition) is 5. The summed E-state index contributed by atoms with van der Waals surface area (Å²) in [6.07, 6.45) is 1.64. The Hall–Kier alpha value is -2.84. The molecule has 27 heavy (non-hydrogen) atoms. The fourth-order valence-corrected chi connectivity index (χ4v) is 2.71. The lowest BCUT2D eigenvalue weighted by Gasteiger charge is -2.40. The minimum Gasteiger partial charge on any atom is -0.444 e. The molecule has 0 saturated carbocycles. The molecule has 3 heterocycles. The fourth-order valence-electron chi connectivity index (χ4n) is 2.71. The van der Waals surface area contributed by atoms with Crippen LogP contribution in [-0.2, 0) is 11.3 Å². The Kier molecular flexibility index (Phi) is 5.48. The Morgan fingerprint density at radius 1 is 1.33 bits per heavy atom. The zero-order chi connectivity index (χ0) is 19.4. The fraction of sp³-hybridized carbons (Fsp3) is 0.556. The average Bonchev–Trinajstić information content (AvgIpc) is 2.97. The first-order chi connectivity index (χ1) is 12.9. The number of carbonyl (C=O) groups is 1. The van der Waals surface area contributed by atoms with E-state index in [0.717, 1.165) is 18.0 Å². The summed E-state index contributed by atoms with van der Waals surface area (Å²) in [5.41, 5.74) is 0.320. The van der Waals surface area contributed by atoms with E-state index in [-0.39, 0.29) is 12.1 Å². The van der Waals surface area contributed by atoms with Crippen molar-refractivity contribution in [2.24, 2.45) is 4.99 Å². The van der Waals surface area contributed by atoms with Crippen LogP contribution in [0.1, 0.15) is 33.5 Å². The molecule has 3 rings (SSSR count). The number of ether oxygens (including phenoxy) is 1. The molecule has 0 aromatic carbocycles. The molecule has 0 spiro atoms. The quantitative estimate of drug-likeness (QED) is 0.621. The predicted molar refractivity (Wildman–Crippen MR) is 103 cm³/mol.